The zero-order valence-corrected chi connectivity index (χ0v) is 14.1. The highest BCUT2D eigenvalue weighted by atomic mass is 32.1. The van der Waals surface area contributed by atoms with Crippen LogP contribution in [0.3, 0.4) is 0 Å². The van der Waals surface area contributed by atoms with Crippen LogP contribution in [0.5, 0.6) is 11.5 Å². The molecule has 1 aromatic carbocycles. The highest BCUT2D eigenvalue weighted by Crippen LogP contribution is 2.22. The molecule has 0 aliphatic rings. The Balaban J connectivity index is 1.85. The second-order valence-corrected chi connectivity index (χ2v) is 5.51. The number of rotatable bonds is 7. The summed E-state index contributed by atoms with van der Waals surface area (Å²) in [5.41, 5.74) is 3.03. The van der Waals surface area contributed by atoms with Crippen molar-refractivity contribution in [2.24, 2.45) is 5.10 Å². The second kappa shape index (κ2) is 8.68. The SMILES string of the molecule is COc1ccc(/C=N\NC(=O)CNC(=O)c2cccs2)c(OC)c1. The summed E-state index contributed by atoms with van der Waals surface area (Å²) in [6.07, 6.45) is 1.46. The number of thiophene rings is 1. The molecule has 0 radical (unpaired) electrons. The lowest BCUT2D eigenvalue weighted by Gasteiger charge is -2.07. The van der Waals surface area contributed by atoms with Crippen LogP contribution in [0.15, 0.2) is 40.8 Å². The van der Waals surface area contributed by atoms with Crippen LogP contribution in [0.2, 0.25) is 0 Å². The van der Waals surface area contributed by atoms with E-state index in [1.165, 1.54) is 24.7 Å². The van der Waals surface area contributed by atoms with E-state index in [2.05, 4.69) is 15.8 Å². The van der Waals surface area contributed by atoms with Crippen molar-refractivity contribution < 1.29 is 19.1 Å². The van der Waals surface area contributed by atoms with E-state index in [0.717, 1.165) is 0 Å². The number of benzene rings is 1. The van der Waals surface area contributed by atoms with E-state index in [-0.39, 0.29) is 12.5 Å². The number of ether oxygens (including phenoxy) is 2. The van der Waals surface area contributed by atoms with E-state index in [4.69, 9.17) is 9.47 Å². The first-order valence-electron chi connectivity index (χ1n) is 6.99. The zero-order valence-electron chi connectivity index (χ0n) is 13.2. The maximum Gasteiger partial charge on any atom is 0.261 e. The number of carbonyl (C=O) groups is 2. The summed E-state index contributed by atoms with van der Waals surface area (Å²) in [7, 11) is 3.10. The number of nitrogens with one attached hydrogen (secondary N) is 2. The Morgan fingerprint density at radius 1 is 1.25 bits per heavy atom. The van der Waals surface area contributed by atoms with Crippen molar-refractivity contribution in [1.29, 1.82) is 0 Å². The van der Waals surface area contributed by atoms with Crippen LogP contribution >= 0.6 is 11.3 Å². The second-order valence-electron chi connectivity index (χ2n) is 4.56. The minimum Gasteiger partial charge on any atom is -0.497 e. The quantitative estimate of drug-likeness (QED) is 0.589. The van der Waals surface area contributed by atoms with Gasteiger partial charge in [0.25, 0.3) is 11.8 Å². The van der Waals surface area contributed by atoms with E-state index in [1.807, 2.05) is 0 Å². The summed E-state index contributed by atoms with van der Waals surface area (Å²) in [6.45, 7) is -0.159. The molecule has 24 heavy (non-hydrogen) atoms. The maximum absolute atomic E-state index is 11.7. The number of hydrazone groups is 1. The topological polar surface area (TPSA) is 89.0 Å². The minimum absolute atomic E-state index is 0.159. The molecule has 0 aliphatic heterocycles. The number of carbonyl (C=O) groups excluding carboxylic acids is 2. The maximum atomic E-state index is 11.7. The van der Waals surface area contributed by atoms with Gasteiger partial charge in [0, 0.05) is 11.6 Å². The molecule has 0 aliphatic carbocycles. The summed E-state index contributed by atoms with van der Waals surface area (Å²) in [4.78, 5) is 23.9. The number of hydrogen-bond donors (Lipinski definition) is 2. The van der Waals surface area contributed by atoms with Crippen LogP contribution in [0.25, 0.3) is 0 Å². The zero-order chi connectivity index (χ0) is 17.4. The smallest absolute Gasteiger partial charge is 0.261 e. The fourth-order valence-electron chi connectivity index (χ4n) is 1.79. The molecule has 2 aromatic rings. The third kappa shape index (κ3) is 4.82. The molecule has 0 bridgehead atoms. The van der Waals surface area contributed by atoms with Gasteiger partial charge in [0.1, 0.15) is 11.5 Å². The predicted molar refractivity (Wildman–Crippen MR) is 91.9 cm³/mol. The molecule has 0 fully saturated rings. The van der Waals surface area contributed by atoms with E-state index in [1.54, 1.807) is 42.8 Å². The molecule has 0 atom stereocenters. The van der Waals surface area contributed by atoms with Crippen molar-refractivity contribution in [2.75, 3.05) is 20.8 Å². The van der Waals surface area contributed by atoms with Crippen molar-refractivity contribution in [2.45, 2.75) is 0 Å². The molecule has 2 rings (SSSR count). The summed E-state index contributed by atoms with van der Waals surface area (Å²) >= 11 is 1.31. The fraction of sp³-hybridized carbons (Fsp3) is 0.188. The van der Waals surface area contributed by atoms with Gasteiger partial charge in [0.15, 0.2) is 0 Å². The lowest BCUT2D eigenvalue weighted by atomic mass is 10.2. The highest BCUT2D eigenvalue weighted by molar-refractivity contribution is 7.12. The van der Waals surface area contributed by atoms with Gasteiger partial charge in [-0.3, -0.25) is 9.59 Å². The molecule has 2 amide bonds. The van der Waals surface area contributed by atoms with Gasteiger partial charge in [-0.2, -0.15) is 5.10 Å². The van der Waals surface area contributed by atoms with Crippen LogP contribution in [-0.4, -0.2) is 38.8 Å². The van der Waals surface area contributed by atoms with E-state index in [9.17, 15) is 9.59 Å². The third-order valence-electron chi connectivity index (χ3n) is 2.99. The summed E-state index contributed by atoms with van der Waals surface area (Å²) in [5.74, 6) is 0.507. The highest BCUT2D eigenvalue weighted by Gasteiger charge is 2.08. The van der Waals surface area contributed by atoms with Crippen LogP contribution in [0.4, 0.5) is 0 Å². The van der Waals surface area contributed by atoms with Crippen molar-refractivity contribution in [3.05, 3.63) is 46.2 Å². The average molecular weight is 347 g/mol. The van der Waals surface area contributed by atoms with E-state index >= 15 is 0 Å². The molecular weight excluding hydrogens is 330 g/mol. The molecule has 0 spiro atoms. The van der Waals surface area contributed by atoms with Gasteiger partial charge in [-0.25, -0.2) is 5.43 Å². The first kappa shape index (κ1) is 17.5. The van der Waals surface area contributed by atoms with Gasteiger partial charge in [0.2, 0.25) is 0 Å². The van der Waals surface area contributed by atoms with Crippen LogP contribution in [0.1, 0.15) is 15.2 Å². The molecule has 1 heterocycles. The molecule has 7 nitrogen and oxygen atoms in total. The van der Waals surface area contributed by atoms with Crippen molar-refractivity contribution in [3.8, 4) is 11.5 Å². The molecule has 126 valence electrons. The largest absolute Gasteiger partial charge is 0.497 e. The van der Waals surface area contributed by atoms with Crippen molar-refractivity contribution in [1.82, 2.24) is 10.7 Å². The monoisotopic (exact) mass is 347 g/mol. The number of hydrogen-bond acceptors (Lipinski definition) is 6. The Morgan fingerprint density at radius 3 is 2.75 bits per heavy atom. The lowest BCUT2D eigenvalue weighted by molar-refractivity contribution is -0.120. The summed E-state index contributed by atoms with van der Waals surface area (Å²) < 4.78 is 10.3. The molecule has 2 N–H and O–H groups in total. The Morgan fingerprint density at radius 2 is 2.08 bits per heavy atom. The summed E-state index contributed by atoms with van der Waals surface area (Å²) in [5, 5.41) is 8.16. The molecular formula is C16H17N3O4S. The van der Waals surface area contributed by atoms with Gasteiger partial charge >= 0.3 is 0 Å². The molecule has 0 saturated carbocycles. The van der Waals surface area contributed by atoms with Crippen LogP contribution < -0.4 is 20.2 Å². The fourth-order valence-corrected chi connectivity index (χ4v) is 2.43. The van der Waals surface area contributed by atoms with E-state index in [0.29, 0.717) is 21.9 Å². The van der Waals surface area contributed by atoms with Gasteiger partial charge in [0.05, 0.1) is 31.9 Å². The van der Waals surface area contributed by atoms with Crippen LogP contribution in [0, 0.1) is 0 Å². The van der Waals surface area contributed by atoms with Crippen LogP contribution in [-0.2, 0) is 4.79 Å². The first-order valence-corrected chi connectivity index (χ1v) is 7.87. The first-order chi connectivity index (χ1) is 11.6. The Kier molecular flexibility index (Phi) is 6.32. The lowest BCUT2D eigenvalue weighted by Crippen LogP contribution is -2.34. The van der Waals surface area contributed by atoms with Gasteiger partial charge in [-0.15, -0.1) is 11.3 Å². The number of methoxy groups -OCH3 is 2. The van der Waals surface area contributed by atoms with Crippen molar-refractivity contribution >= 4 is 29.4 Å². The molecule has 0 saturated heterocycles. The molecule has 8 heteroatoms. The average Bonchev–Trinajstić information content (AvgIpc) is 3.14. The number of nitrogens with zero attached hydrogens (tertiary/aromatic N) is 1. The Hall–Kier alpha value is -2.87. The van der Waals surface area contributed by atoms with Crippen molar-refractivity contribution in [3.63, 3.8) is 0 Å². The van der Waals surface area contributed by atoms with Gasteiger partial charge < -0.3 is 14.8 Å². The standard InChI is InChI=1S/C16H17N3O4S/c1-22-12-6-5-11(13(8-12)23-2)9-18-19-15(20)10-17-16(21)14-4-3-7-24-14/h3-9H,10H2,1-2H3,(H,17,21)(H,19,20)/b18-9-. The van der Waals surface area contributed by atoms with Gasteiger partial charge in [-0.05, 0) is 23.6 Å². The van der Waals surface area contributed by atoms with E-state index < -0.39 is 5.91 Å². The summed E-state index contributed by atoms with van der Waals surface area (Å²) in [6, 6.07) is 8.68. The van der Waals surface area contributed by atoms with Gasteiger partial charge in [-0.1, -0.05) is 6.07 Å². The Labute approximate surface area is 143 Å². The predicted octanol–water partition coefficient (Wildman–Crippen LogP) is 1.65. The molecule has 0 unspecified atom stereocenters. The third-order valence-corrected chi connectivity index (χ3v) is 3.86. The minimum atomic E-state index is -0.427. The number of amides is 2. The Bertz CT molecular complexity index is 729. The normalized spacial score (nSPS) is 10.4. The molecule has 1 aromatic heterocycles.